The third-order valence-electron chi connectivity index (χ3n) is 3.37. The van der Waals surface area contributed by atoms with Crippen LogP contribution < -0.4 is 10.6 Å². The van der Waals surface area contributed by atoms with Crippen LogP contribution >= 0.6 is 0 Å². The van der Waals surface area contributed by atoms with E-state index in [0.29, 0.717) is 12.3 Å². The molecule has 6 nitrogen and oxygen atoms in total. The molecular formula is C17H21N3O3. The fraction of sp³-hybridized carbons (Fsp3) is 0.294. The minimum absolute atomic E-state index is 0.141. The molecule has 0 aliphatic heterocycles. The number of aryl methyl sites for hydroxylation is 1. The highest BCUT2D eigenvalue weighted by Gasteiger charge is 2.11. The summed E-state index contributed by atoms with van der Waals surface area (Å²) in [6.45, 7) is 3.06. The number of benzene rings is 1. The fourth-order valence-corrected chi connectivity index (χ4v) is 2.17. The molecule has 1 aromatic carbocycles. The van der Waals surface area contributed by atoms with Crippen LogP contribution in [0, 0.1) is 6.92 Å². The van der Waals surface area contributed by atoms with Crippen molar-refractivity contribution in [2.75, 3.05) is 13.6 Å². The van der Waals surface area contributed by atoms with Crippen molar-refractivity contribution in [3.63, 3.8) is 0 Å². The van der Waals surface area contributed by atoms with E-state index >= 15 is 0 Å². The van der Waals surface area contributed by atoms with Crippen LogP contribution in [-0.4, -0.2) is 30.4 Å². The molecule has 6 heteroatoms. The molecule has 1 heterocycles. The topological polar surface area (TPSA) is 74.6 Å². The van der Waals surface area contributed by atoms with Gasteiger partial charge in [0.05, 0.1) is 19.4 Å². The summed E-state index contributed by atoms with van der Waals surface area (Å²) in [7, 11) is 1.84. The molecule has 0 saturated carbocycles. The van der Waals surface area contributed by atoms with Crippen molar-refractivity contribution < 1.29 is 14.0 Å². The van der Waals surface area contributed by atoms with Gasteiger partial charge < -0.3 is 9.73 Å². The van der Waals surface area contributed by atoms with E-state index in [2.05, 4.69) is 10.6 Å². The minimum Gasteiger partial charge on any atom is -0.467 e. The smallest absolute Gasteiger partial charge is 0.321 e. The number of rotatable bonds is 6. The third kappa shape index (κ3) is 5.60. The summed E-state index contributed by atoms with van der Waals surface area (Å²) >= 11 is 0. The first-order chi connectivity index (χ1) is 11.0. The monoisotopic (exact) mass is 315 g/mol. The lowest BCUT2D eigenvalue weighted by atomic mass is 10.1. The highest BCUT2D eigenvalue weighted by molar-refractivity contribution is 5.95. The molecule has 2 rings (SSSR count). The van der Waals surface area contributed by atoms with E-state index in [4.69, 9.17) is 4.42 Å². The van der Waals surface area contributed by atoms with E-state index in [1.165, 1.54) is 11.8 Å². The summed E-state index contributed by atoms with van der Waals surface area (Å²) in [4.78, 5) is 25.4. The van der Waals surface area contributed by atoms with Crippen molar-refractivity contribution >= 4 is 11.9 Å². The number of nitrogens with one attached hydrogen (secondary N) is 2. The van der Waals surface area contributed by atoms with Gasteiger partial charge >= 0.3 is 6.03 Å². The maximum Gasteiger partial charge on any atom is 0.321 e. The zero-order chi connectivity index (χ0) is 16.7. The molecule has 0 radical (unpaired) electrons. The molecule has 0 unspecified atom stereocenters. The van der Waals surface area contributed by atoms with Crippen LogP contribution in [0.1, 0.15) is 16.9 Å². The second kappa shape index (κ2) is 8.14. The summed E-state index contributed by atoms with van der Waals surface area (Å²) in [5, 5.41) is 4.87. The lowest BCUT2D eigenvalue weighted by Crippen LogP contribution is -2.43. The van der Waals surface area contributed by atoms with Gasteiger partial charge in [0.1, 0.15) is 5.76 Å². The summed E-state index contributed by atoms with van der Waals surface area (Å²) in [6, 6.07) is 11.0. The quantitative estimate of drug-likeness (QED) is 0.855. The predicted molar refractivity (Wildman–Crippen MR) is 86.6 cm³/mol. The molecule has 0 atom stereocenters. The molecule has 0 aliphatic carbocycles. The molecule has 0 aliphatic rings. The normalized spacial score (nSPS) is 10.6. The van der Waals surface area contributed by atoms with Crippen molar-refractivity contribution in [1.82, 2.24) is 15.5 Å². The summed E-state index contributed by atoms with van der Waals surface area (Å²) in [5.74, 6) is 0.280. The number of carbonyl (C=O) groups excluding carboxylic acids is 2. The SMILES string of the molecule is Cc1ccccc1CN(C)CC(=O)NC(=O)NCc1ccco1. The van der Waals surface area contributed by atoms with Gasteiger partial charge in [-0.2, -0.15) is 0 Å². The molecule has 3 amide bonds. The van der Waals surface area contributed by atoms with Crippen molar-refractivity contribution in [2.24, 2.45) is 0 Å². The zero-order valence-corrected chi connectivity index (χ0v) is 13.3. The highest BCUT2D eigenvalue weighted by atomic mass is 16.3. The Kier molecular flexibility index (Phi) is 5.94. The standard InChI is InChI=1S/C17H21N3O3/c1-13-6-3-4-7-14(13)11-20(2)12-16(21)19-17(22)18-10-15-8-5-9-23-15/h3-9H,10-12H2,1-2H3,(H2,18,19,21,22). The molecule has 23 heavy (non-hydrogen) atoms. The first-order valence-electron chi connectivity index (χ1n) is 7.37. The van der Waals surface area contributed by atoms with Crippen LogP contribution in [0.15, 0.2) is 47.1 Å². The maximum atomic E-state index is 11.9. The highest BCUT2D eigenvalue weighted by Crippen LogP contribution is 2.09. The number of hydrogen-bond donors (Lipinski definition) is 2. The largest absolute Gasteiger partial charge is 0.467 e. The Balaban J connectivity index is 1.73. The van der Waals surface area contributed by atoms with Crippen molar-refractivity contribution in [3.05, 3.63) is 59.5 Å². The van der Waals surface area contributed by atoms with Gasteiger partial charge in [0.15, 0.2) is 0 Å². The van der Waals surface area contributed by atoms with Gasteiger partial charge in [0.2, 0.25) is 5.91 Å². The molecule has 2 aromatic rings. The Morgan fingerprint density at radius 3 is 2.65 bits per heavy atom. The van der Waals surface area contributed by atoms with E-state index < -0.39 is 6.03 Å². The number of nitrogens with zero attached hydrogens (tertiary/aromatic N) is 1. The Bertz CT molecular complexity index is 653. The Labute approximate surface area is 135 Å². The second-order valence-corrected chi connectivity index (χ2v) is 5.41. The lowest BCUT2D eigenvalue weighted by molar-refractivity contribution is -0.121. The third-order valence-corrected chi connectivity index (χ3v) is 3.37. The van der Waals surface area contributed by atoms with Crippen LogP contribution in [-0.2, 0) is 17.9 Å². The number of furan rings is 1. The van der Waals surface area contributed by atoms with E-state index in [1.807, 2.05) is 43.1 Å². The molecule has 122 valence electrons. The molecule has 0 saturated heterocycles. The van der Waals surface area contributed by atoms with Crippen LogP contribution in [0.4, 0.5) is 4.79 Å². The minimum atomic E-state index is -0.532. The van der Waals surface area contributed by atoms with Crippen LogP contribution in [0.5, 0.6) is 0 Å². The van der Waals surface area contributed by atoms with Gasteiger partial charge in [-0.3, -0.25) is 15.0 Å². The Morgan fingerprint density at radius 2 is 1.96 bits per heavy atom. The number of amides is 3. The first-order valence-corrected chi connectivity index (χ1v) is 7.37. The average Bonchev–Trinajstić information content (AvgIpc) is 3.00. The van der Waals surface area contributed by atoms with E-state index in [9.17, 15) is 9.59 Å². The summed E-state index contributed by atoms with van der Waals surface area (Å²) < 4.78 is 5.10. The predicted octanol–water partition coefficient (Wildman–Crippen LogP) is 2.05. The van der Waals surface area contributed by atoms with Gasteiger partial charge in [-0.1, -0.05) is 24.3 Å². The lowest BCUT2D eigenvalue weighted by Gasteiger charge is -2.17. The summed E-state index contributed by atoms with van der Waals surface area (Å²) in [6.07, 6.45) is 1.53. The molecule has 1 aromatic heterocycles. The van der Waals surface area contributed by atoms with E-state index in [-0.39, 0.29) is 19.0 Å². The number of urea groups is 1. The zero-order valence-electron chi connectivity index (χ0n) is 13.3. The van der Waals surface area contributed by atoms with Gasteiger partial charge in [-0.15, -0.1) is 0 Å². The van der Waals surface area contributed by atoms with Gasteiger partial charge in [0, 0.05) is 6.54 Å². The molecule has 0 spiro atoms. The van der Waals surface area contributed by atoms with Gasteiger partial charge in [-0.05, 0) is 37.2 Å². The van der Waals surface area contributed by atoms with Crippen molar-refractivity contribution in [3.8, 4) is 0 Å². The van der Waals surface area contributed by atoms with Crippen LogP contribution in [0.3, 0.4) is 0 Å². The fourth-order valence-electron chi connectivity index (χ4n) is 2.17. The number of carbonyl (C=O) groups is 2. The molecule has 0 fully saturated rings. The van der Waals surface area contributed by atoms with Crippen molar-refractivity contribution in [2.45, 2.75) is 20.0 Å². The summed E-state index contributed by atoms with van der Waals surface area (Å²) in [5.41, 5.74) is 2.33. The van der Waals surface area contributed by atoms with E-state index in [1.54, 1.807) is 12.1 Å². The first kappa shape index (κ1) is 16.8. The number of likely N-dealkylation sites (N-methyl/N-ethyl adjacent to an activating group) is 1. The van der Waals surface area contributed by atoms with Crippen LogP contribution in [0.2, 0.25) is 0 Å². The second-order valence-electron chi connectivity index (χ2n) is 5.41. The maximum absolute atomic E-state index is 11.9. The van der Waals surface area contributed by atoms with Gasteiger partial charge in [0.25, 0.3) is 0 Å². The average molecular weight is 315 g/mol. The molecular weight excluding hydrogens is 294 g/mol. The Hall–Kier alpha value is -2.60. The molecule has 2 N–H and O–H groups in total. The number of hydrogen-bond acceptors (Lipinski definition) is 4. The Morgan fingerprint density at radius 1 is 1.17 bits per heavy atom. The van der Waals surface area contributed by atoms with E-state index in [0.717, 1.165) is 5.56 Å². The van der Waals surface area contributed by atoms with Crippen molar-refractivity contribution in [1.29, 1.82) is 0 Å². The molecule has 0 bridgehead atoms. The van der Waals surface area contributed by atoms with Gasteiger partial charge in [-0.25, -0.2) is 4.79 Å². The number of imide groups is 1. The van der Waals surface area contributed by atoms with Crippen LogP contribution in [0.25, 0.3) is 0 Å².